The first kappa shape index (κ1) is 19.7. The minimum absolute atomic E-state index is 0.0468. The zero-order valence-corrected chi connectivity index (χ0v) is 16.5. The van der Waals surface area contributed by atoms with Crippen LogP contribution in [0.5, 0.6) is 0 Å². The van der Waals surface area contributed by atoms with Crippen LogP contribution in [0.1, 0.15) is 79.9 Å². The van der Waals surface area contributed by atoms with Gasteiger partial charge in [0.2, 0.25) is 0 Å². The van der Waals surface area contributed by atoms with E-state index in [0.29, 0.717) is 19.3 Å². The van der Waals surface area contributed by atoms with Gasteiger partial charge in [-0.25, -0.2) is 0 Å². The molecule has 1 aromatic carbocycles. The van der Waals surface area contributed by atoms with Gasteiger partial charge in [-0.05, 0) is 64.0 Å². The molecule has 0 aromatic heterocycles. The summed E-state index contributed by atoms with van der Waals surface area (Å²) in [4.78, 5) is 26.1. The Labute approximate surface area is 151 Å². The summed E-state index contributed by atoms with van der Waals surface area (Å²) in [6.07, 6.45) is 3.73. The second-order valence-corrected chi connectivity index (χ2v) is 8.63. The maximum atomic E-state index is 13.8. The molecular formula is C22H32O3. The summed E-state index contributed by atoms with van der Waals surface area (Å²) in [5.41, 5.74) is 1.97. The number of carbonyl (C=O) groups is 2. The molecule has 0 aliphatic heterocycles. The van der Waals surface area contributed by atoms with Crippen molar-refractivity contribution in [2.75, 3.05) is 0 Å². The second-order valence-electron chi connectivity index (χ2n) is 8.63. The standard InChI is InChI=1S/C22H32O3/c1-14(2)13-21(6,20(24)25)22(9-7-8-10-22)19(23)18-16(4)11-15(3)12-17(18)5/h11-12,14H,7-10,13H2,1-6H3,(H,24,25). The van der Waals surface area contributed by atoms with Crippen LogP contribution in [0, 0.1) is 37.5 Å². The molecule has 3 nitrogen and oxygen atoms in total. The van der Waals surface area contributed by atoms with Crippen LogP contribution in [-0.4, -0.2) is 16.9 Å². The highest BCUT2D eigenvalue weighted by molar-refractivity contribution is 6.06. The average molecular weight is 344 g/mol. The van der Waals surface area contributed by atoms with Crippen molar-refractivity contribution in [3.05, 3.63) is 34.4 Å². The third kappa shape index (κ3) is 3.26. The Hall–Kier alpha value is -1.64. The van der Waals surface area contributed by atoms with Gasteiger partial charge in [-0.15, -0.1) is 0 Å². The van der Waals surface area contributed by atoms with E-state index in [1.54, 1.807) is 6.92 Å². The lowest BCUT2D eigenvalue weighted by Crippen LogP contribution is -2.50. The largest absolute Gasteiger partial charge is 0.481 e. The Morgan fingerprint density at radius 3 is 2.00 bits per heavy atom. The summed E-state index contributed by atoms with van der Waals surface area (Å²) in [7, 11) is 0. The predicted molar refractivity (Wildman–Crippen MR) is 101 cm³/mol. The van der Waals surface area contributed by atoms with Crippen LogP contribution >= 0.6 is 0 Å². The van der Waals surface area contributed by atoms with E-state index < -0.39 is 16.8 Å². The molecule has 1 saturated carbocycles. The van der Waals surface area contributed by atoms with Crippen LogP contribution < -0.4 is 0 Å². The maximum absolute atomic E-state index is 13.8. The topological polar surface area (TPSA) is 54.4 Å². The van der Waals surface area contributed by atoms with Gasteiger partial charge in [0.1, 0.15) is 0 Å². The van der Waals surface area contributed by atoms with E-state index in [0.717, 1.165) is 35.1 Å². The fourth-order valence-electron chi connectivity index (χ4n) is 5.09. The van der Waals surface area contributed by atoms with Crippen LogP contribution in [0.4, 0.5) is 0 Å². The van der Waals surface area contributed by atoms with Crippen molar-refractivity contribution >= 4 is 11.8 Å². The van der Waals surface area contributed by atoms with Gasteiger partial charge in [-0.1, -0.05) is 44.4 Å². The van der Waals surface area contributed by atoms with Crippen molar-refractivity contribution < 1.29 is 14.7 Å². The van der Waals surface area contributed by atoms with Gasteiger partial charge in [0.15, 0.2) is 5.78 Å². The van der Waals surface area contributed by atoms with Crippen molar-refractivity contribution in [3.63, 3.8) is 0 Å². The summed E-state index contributed by atoms with van der Waals surface area (Å²) < 4.78 is 0. The number of hydrogen-bond acceptors (Lipinski definition) is 2. The van der Waals surface area contributed by atoms with E-state index in [9.17, 15) is 14.7 Å². The molecule has 0 amide bonds. The molecule has 1 N–H and O–H groups in total. The van der Waals surface area contributed by atoms with Crippen molar-refractivity contribution in [1.29, 1.82) is 0 Å². The minimum atomic E-state index is -1.03. The third-order valence-corrected chi connectivity index (χ3v) is 6.14. The van der Waals surface area contributed by atoms with Gasteiger partial charge in [-0.3, -0.25) is 9.59 Å². The van der Waals surface area contributed by atoms with Crippen LogP contribution in [0.2, 0.25) is 0 Å². The number of rotatable bonds is 6. The summed E-state index contributed by atoms with van der Waals surface area (Å²) in [5, 5.41) is 10.1. The third-order valence-electron chi connectivity index (χ3n) is 6.14. The van der Waals surface area contributed by atoms with Crippen LogP contribution in [0.25, 0.3) is 0 Å². The van der Waals surface area contributed by atoms with E-state index in [-0.39, 0.29) is 11.7 Å². The highest BCUT2D eigenvalue weighted by atomic mass is 16.4. The number of carboxylic acids is 1. The van der Waals surface area contributed by atoms with Crippen molar-refractivity contribution in [2.24, 2.45) is 16.7 Å². The fraction of sp³-hybridized carbons (Fsp3) is 0.636. The van der Waals surface area contributed by atoms with Crippen LogP contribution in [0.15, 0.2) is 12.1 Å². The number of carboxylic acid groups (broad SMARTS) is 1. The Balaban J connectivity index is 2.64. The number of benzene rings is 1. The minimum Gasteiger partial charge on any atom is -0.481 e. The molecule has 1 fully saturated rings. The first-order valence-corrected chi connectivity index (χ1v) is 9.41. The predicted octanol–water partition coefficient (Wildman–Crippen LogP) is 5.49. The summed E-state index contributed by atoms with van der Waals surface area (Å²) in [6, 6.07) is 4.06. The zero-order valence-electron chi connectivity index (χ0n) is 16.5. The molecule has 1 unspecified atom stereocenters. The Kier molecular flexibility index (Phi) is 5.46. The molecule has 3 heteroatoms. The number of aryl methyl sites for hydroxylation is 3. The van der Waals surface area contributed by atoms with Gasteiger partial charge in [0.25, 0.3) is 0 Å². The lowest BCUT2D eigenvalue weighted by molar-refractivity contribution is -0.156. The van der Waals surface area contributed by atoms with E-state index in [2.05, 4.69) is 0 Å². The number of carbonyl (C=O) groups excluding carboxylic acids is 1. The molecule has 0 spiro atoms. The average Bonchev–Trinajstić information content (AvgIpc) is 2.96. The molecule has 0 bridgehead atoms. The maximum Gasteiger partial charge on any atom is 0.310 e. The summed E-state index contributed by atoms with van der Waals surface area (Å²) in [6.45, 7) is 11.8. The molecule has 0 saturated heterocycles. The highest BCUT2D eigenvalue weighted by Gasteiger charge is 2.59. The molecule has 0 radical (unpaired) electrons. The Morgan fingerprint density at radius 2 is 1.60 bits per heavy atom. The lowest BCUT2D eigenvalue weighted by Gasteiger charge is -2.44. The number of hydrogen-bond donors (Lipinski definition) is 1. The van der Waals surface area contributed by atoms with Crippen molar-refractivity contribution in [1.82, 2.24) is 0 Å². The van der Waals surface area contributed by atoms with Crippen molar-refractivity contribution in [3.8, 4) is 0 Å². The molecule has 138 valence electrons. The molecule has 25 heavy (non-hydrogen) atoms. The molecule has 1 atom stereocenters. The summed E-state index contributed by atoms with van der Waals surface area (Å²) in [5.74, 6) is -0.559. The van der Waals surface area contributed by atoms with Gasteiger partial charge >= 0.3 is 5.97 Å². The van der Waals surface area contributed by atoms with Crippen molar-refractivity contribution in [2.45, 2.75) is 73.6 Å². The zero-order chi connectivity index (χ0) is 19.0. The van der Waals surface area contributed by atoms with Crippen LogP contribution in [0.3, 0.4) is 0 Å². The SMILES string of the molecule is Cc1cc(C)c(C(=O)C2(C(C)(CC(C)C)C(=O)O)CCCC2)c(C)c1. The number of aliphatic carboxylic acids is 1. The Bertz CT molecular complexity index is 658. The Morgan fingerprint density at radius 1 is 1.12 bits per heavy atom. The van der Waals surface area contributed by atoms with Gasteiger partial charge in [0, 0.05) is 11.0 Å². The first-order valence-electron chi connectivity index (χ1n) is 9.41. The normalized spacial score (nSPS) is 19.0. The monoisotopic (exact) mass is 344 g/mol. The van der Waals surface area contributed by atoms with Crippen LogP contribution in [-0.2, 0) is 4.79 Å². The molecule has 2 rings (SSSR count). The molecule has 1 aliphatic rings. The number of ketones is 1. The summed E-state index contributed by atoms with van der Waals surface area (Å²) >= 11 is 0. The molecular weight excluding hydrogens is 312 g/mol. The van der Waals surface area contributed by atoms with E-state index in [1.165, 1.54) is 0 Å². The lowest BCUT2D eigenvalue weighted by atomic mass is 9.56. The quantitative estimate of drug-likeness (QED) is 0.694. The smallest absolute Gasteiger partial charge is 0.310 e. The second kappa shape index (κ2) is 6.93. The highest BCUT2D eigenvalue weighted by Crippen LogP contribution is 2.56. The molecule has 1 aromatic rings. The van der Waals surface area contributed by atoms with E-state index in [4.69, 9.17) is 0 Å². The van der Waals surface area contributed by atoms with E-state index in [1.807, 2.05) is 46.8 Å². The first-order chi connectivity index (χ1) is 11.5. The molecule has 0 heterocycles. The number of Topliss-reactive ketones (excluding diaryl/α,β-unsaturated/α-hetero) is 1. The molecule has 1 aliphatic carbocycles. The van der Waals surface area contributed by atoms with E-state index >= 15 is 0 Å². The van der Waals surface area contributed by atoms with Gasteiger partial charge in [-0.2, -0.15) is 0 Å². The van der Waals surface area contributed by atoms with Gasteiger partial charge < -0.3 is 5.11 Å². The van der Waals surface area contributed by atoms with Gasteiger partial charge in [0.05, 0.1) is 5.41 Å². The fourth-order valence-corrected chi connectivity index (χ4v) is 5.09.